The summed E-state index contributed by atoms with van der Waals surface area (Å²) in [4.78, 5) is 4.26. The zero-order valence-corrected chi connectivity index (χ0v) is 18.4. The van der Waals surface area contributed by atoms with Crippen LogP contribution in [0.2, 0.25) is 0 Å². The van der Waals surface area contributed by atoms with Gasteiger partial charge in [0.1, 0.15) is 0 Å². The normalized spacial score (nSPS) is 20.2. The van der Waals surface area contributed by atoms with Crippen molar-refractivity contribution in [3.63, 3.8) is 0 Å². The molecule has 0 aliphatic carbocycles. The lowest BCUT2D eigenvalue weighted by atomic mass is 9.80. The molecule has 1 fully saturated rings. The van der Waals surface area contributed by atoms with Gasteiger partial charge in [0.25, 0.3) is 0 Å². The van der Waals surface area contributed by atoms with Crippen molar-refractivity contribution in [2.45, 2.75) is 89.9 Å². The van der Waals surface area contributed by atoms with Crippen LogP contribution in [0.25, 0.3) is 0 Å². The molecular formula is C19H33BN2O4S. The van der Waals surface area contributed by atoms with Crippen LogP contribution < -0.4 is 10.2 Å². The lowest BCUT2D eigenvalue weighted by Gasteiger charge is -2.32. The topological polar surface area (TPSA) is 77.5 Å². The fourth-order valence-corrected chi connectivity index (χ4v) is 4.21. The van der Waals surface area contributed by atoms with E-state index in [1.54, 1.807) is 12.3 Å². The smallest absolute Gasteiger partial charge is 0.399 e. The minimum Gasteiger partial charge on any atom is -0.399 e. The van der Waals surface area contributed by atoms with Gasteiger partial charge in [0.2, 0.25) is 10.0 Å². The third-order valence-electron chi connectivity index (χ3n) is 5.48. The Labute approximate surface area is 164 Å². The van der Waals surface area contributed by atoms with Crippen molar-refractivity contribution in [1.82, 2.24) is 9.71 Å². The van der Waals surface area contributed by atoms with Crippen LogP contribution >= 0.6 is 0 Å². The molecule has 0 unspecified atom stereocenters. The first-order chi connectivity index (χ1) is 12.4. The molecule has 0 amide bonds. The van der Waals surface area contributed by atoms with Crippen LogP contribution in [-0.2, 0) is 19.3 Å². The Morgan fingerprint density at radius 1 is 1.11 bits per heavy atom. The number of pyridine rings is 1. The molecule has 0 radical (unpaired) electrons. The van der Waals surface area contributed by atoms with E-state index in [1.165, 1.54) is 6.20 Å². The average Bonchev–Trinajstić information content (AvgIpc) is 2.79. The molecule has 2 rings (SSSR count). The zero-order valence-electron chi connectivity index (χ0n) is 17.6. The molecule has 1 atom stereocenters. The van der Waals surface area contributed by atoms with Crippen LogP contribution in [0.4, 0.5) is 0 Å². The molecule has 27 heavy (non-hydrogen) atoms. The van der Waals surface area contributed by atoms with E-state index in [-0.39, 0.29) is 10.9 Å². The maximum Gasteiger partial charge on any atom is 0.496 e. The molecule has 2 heterocycles. The van der Waals surface area contributed by atoms with Crippen molar-refractivity contribution < 1.29 is 17.7 Å². The summed E-state index contributed by atoms with van der Waals surface area (Å²) in [7, 11) is -4.29. The summed E-state index contributed by atoms with van der Waals surface area (Å²) in [5.74, 6) is 0.539. The van der Waals surface area contributed by atoms with E-state index in [2.05, 4.69) is 23.6 Å². The maximum absolute atomic E-state index is 12.8. The van der Waals surface area contributed by atoms with Crippen LogP contribution in [0, 0.1) is 5.92 Å². The lowest BCUT2D eigenvalue weighted by Crippen LogP contribution is -2.41. The second-order valence-corrected chi connectivity index (χ2v) is 10.5. The predicted molar refractivity (Wildman–Crippen MR) is 108 cm³/mol. The highest BCUT2D eigenvalue weighted by atomic mass is 32.2. The zero-order chi connectivity index (χ0) is 20.5. The van der Waals surface area contributed by atoms with Crippen molar-refractivity contribution in [3.05, 3.63) is 18.5 Å². The van der Waals surface area contributed by atoms with Crippen LogP contribution in [0.5, 0.6) is 0 Å². The number of hydrogen-bond donors (Lipinski definition) is 1. The molecule has 0 bridgehead atoms. The Hall–Kier alpha value is -0.955. The third-order valence-corrected chi connectivity index (χ3v) is 6.96. The number of nitrogens with zero attached hydrogens (tertiary/aromatic N) is 1. The van der Waals surface area contributed by atoms with Gasteiger partial charge in [-0.25, -0.2) is 13.1 Å². The van der Waals surface area contributed by atoms with Crippen LogP contribution in [-0.4, -0.2) is 37.8 Å². The SMILES string of the molecule is CC[C@@H](CCC(C)C)NS(=O)(=O)c1cncc(B2OC(C)(C)C(C)(C)O2)c1. The standard InChI is InChI=1S/C19H33BN2O4S/c1-8-16(10-9-14(2)3)22-27(23,24)17-11-15(12-21-13-17)20-25-18(4,5)19(6,7)26-20/h11-14,16,22H,8-10H2,1-7H3/t16-/m0/s1. The Balaban J connectivity index is 2.19. The molecule has 0 aromatic carbocycles. The summed E-state index contributed by atoms with van der Waals surface area (Å²) < 4.78 is 40.5. The molecule has 1 N–H and O–H groups in total. The number of sulfonamides is 1. The minimum atomic E-state index is -3.65. The molecule has 1 aromatic rings. The van der Waals surface area contributed by atoms with E-state index >= 15 is 0 Å². The molecule has 0 spiro atoms. The highest BCUT2D eigenvalue weighted by molar-refractivity contribution is 7.89. The van der Waals surface area contributed by atoms with Gasteiger partial charge in [0, 0.05) is 23.9 Å². The van der Waals surface area contributed by atoms with Gasteiger partial charge in [-0.3, -0.25) is 4.98 Å². The van der Waals surface area contributed by atoms with Gasteiger partial charge in [0.05, 0.1) is 16.1 Å². The Morgan fingerprint density at radius 3 is 2.22 bits per heavy atom. The van der Waals surface area contributed by atoms with E-state index in [9.17, 15) is 8.42 Å². The largest absolute Gasteiger partial charge is 0.496 e. The molecule has 1 saturated heterocycles. The van der Waals surface area contributed by atoms with Gasteiger partial charge in [-0.2, -0.15) is 0 Å². The van der Waals surface area contributed by atoms with E-state index in [4.69, 9.17) is 9.31 Å². The molecule has 1 aliphatic heterocycles. The number of aromatic nitrogens is 1. The maximum atomic E-state index is 12.8. The highest BCUT2D eigenvalue weighted by Crippen LogP contribution is 2.36. The van der Waals surface area contributed by atoms with E-state index in [0.717, 1.165) is 19.3 Å². The van der Waals surface area contributed by atoms with Gasteiger partial charge in [-0.15, -0.1) is 0 Å². The van der Waals surface area contributed by atoms with Crippen LogP contribution in [0.3, 0.4) is 0 Å². The van der Waals surface area contributed by atoms with Gasteiger partial charge < -0.3 is 9.31 Å². The van der Waals surface area contributed by atoms with Crippen molar-refractivity contribution in [1.29, 1.82) is 0 Å². The third kappa shape index (κ3) is 5.31. The summed E-state index contributed by atoms with van der Waals surface area (Å²) in [5, 5.41) is 0. The highest BCUT2D eigenvalue weighted by Gasteiger charge is 2.52. The fraction of sp³-hybridized carbons (Fsp3) is 0.737. The quantitative estimate of drug-likeness (QED) is 0.684. The lowest BCUT2D eigenvalue weighted by molar-refractivity contribution is 0.00578. The van der Waals surface area contributed by atoms with Crippen molar-refractivity contribution in [2.24, 2.45) is 5.92 Å². The monoisotopic (exact) mass is 396 g/mol. The summed E-state index contributed by atoms with van der Waals surface area (Å²) in [5.41, 5.74) is -0.379. The molecule has 8 heteroatoms. The van der Waals surface area contributed by atoms with E-state index in [0.29, 0.717) is 11.4 Å². The Kier molecular flexibility index (Phi) is 6.78. The van der Waals surface area contributed by atoms with E-state index < -0.39 is 28.3 Å². The van der Waals surface area contributed by atoms with Crippen molar-refractivity contribution in [2.75, 3.05) is 0 Å². The van der Waals surface area contributed by atoms with Gasteiger partial charge >= 0.3 is 7.12 Å². The van der Waals surface area contributed by atoms with Gasteiger partial charge in [-0.1, -0.05) is 20.8 Å². The summed E-state index contributed by atoms with van der Waals surface area (Å²) in [6, 6.07) is 1.50. The molecule has 6 nitrogen and oxygen atoms in total. The number of nitrogens with one attached hydrogen (secondary N) is 1. The molecule has 1 aromatic heterocycles. The average molecular weight is 396 g/mol. The van der Waals surface area contributed by atoms with E-state index in [1.807, 2.05) is 34.6 Å². The van der Waals surface area contributed by atoms with Crippen LogP contribution in [0.1, 0.15) is 67.7 Å². The van der Waals surface area contributed by atoms with Gasteiger partial charge in [-0.05, 0) is 58.9 Å². The molecule has 152 valence electrons. The molecule has 1 aliphatic rings. The second-order valence-electron chi connectivity index (χ2n) is 8.74. The predicted octanol–water partition coefficient (Wildman–Crippen LogP) is 2.87. The molecule has 0 saturated carbocycles. The van der Waals surface area contributed by atoms with Crippen LogP contribution in [0.15, 0.2) is 23.4 Å². The Morgan fingerprint density at radius 2 is 1.70 bits per heavy atom. The first-order valence-corrected chi connectivity index (χ1v) is 11.2. The first-order valence-electron chi connectivity index (χ1n) is 9.71. The summed E-state index contributed by atoms with van der Waals surface area (Å²) in [6.07, 6.45) is 5.50. The number of rotatable bonds is 8. The first kappa shape index (κ1) is 22.3. The number of hydrogen-bond acceptors (Lipinski definition) is 5. The Bertz CT molecular complexity index is 734. The van der Waals surface area contributed by atoms with Gasteiger partial charge in [0.15, 0.2) is 0 Å². The van der Waals surface area contributed by atoms with Crippen molar-refractivity contribution >= 4 is 22.6 Å². The summed E-state index contributed by atoms with van der Waals surface area (Å²) >= 11 is 0. The van der Waals surface area contributed by atoms with Crippen molar-refractivity contribution in [3.8, 4) is 0 Å². The minimum absolute atomic E-state index is 0.0853. The fourth-order valence-electron chi connectivity index (χ4n) is 2.86. The summed E-state index contributed by atoms with van der Waals surface area (Å²) in [6.45, 7) is 14.1. The molecular weight excluding hydrogens is 363 g/mol. The second kappa shape index (κ2) is 8.19.